The molecular formula is C84H90Cl2N6O9S. The van der Waals surface area contributed by atoms with E-state index in [-0.39, 0.29) is 58.6 Å². The number of ketones is 1. The molecule has 1 fully saturated rings. The van der Waals surface area contributed by atoms with Crippen molar-refractivity contribution in [1.29, 1.82) is 0 Å². The molecule has 0 radical (unpaired) electrons. The van der Waals surface area contributed by atoms with Crippen LogP contribution < -0.4 is 20.3 Å². The number of anilines is 3. The monoisotopic (exact) mass is 1430 g/mol. The lowest BCUT2D eigenvalue weighted by Gasteiger charge is -2.31. The van der Waals surface area contributed by atoms with E-state index >= 15 is 0 Å². The Morgan fingerprint density at radius 1 is 0.775 bits per heavy atom. The lowest BCUT2D eigenvalue weighted by molar-refractivity contribution is -0.481. The second-order valence-corrected chi connectivity index (χ2v) is 28.5. The first-order valence-corrected chi connectivity index (χ1v) is 36.2. The Balaban J connectivity index is 0.000000159. The number of pyridine rings is 1. The van der Waals surface area contributed by atoms with Gasteiger partial charge < -0.3 is 40.2 Å². The molecule has 18 heteroatoms. The van der Waals surface area contributed by atoms with E-state index < -0.39 is 11.6 Å². The maximum atomic E-state index is 12.4. The van der Waals surface area contributed by atoms with Crippen molar-refractivity contribution in [3.63, 3.8) is 0 Å². The predicted octanol–water partition coefficient (Wildman–Crippen LogP) is 21.8. The van der Waals surface area contributed by atoms with Gasteiger partial charge in [0.2, 0.25) is 6.54 Å². The fraction of sp³-hybridized carbons (Fsp3) is 0.286. The van der Waals surface area contributed by atoms with Crippen LogP contribution in [0.15, 0.2) is 217 Å². The molecule has 3 atom stereocenters. The van der Waals surface area contributed by atoms with Gasteiger partial charge in [-0.25, -0.2) is 14.6 Å². The molecule has 530 valence electrons. The molecule has 10 aromatic rings. The van der Waals surface area contributed by atoms with Gasteiger partial charge in [0.05, 0.1) is 23.4 Å². The van der Waals surface area contributed by atoms with Crippen LogP contribution in [-0.4, -0.2) is 74.2 Å². The standard InChI is InChI=1S/C22H21ClN4O.C21H18N2O2S.C21H30O2.C20H21ClO4/c23-17-9-11-18(12-10-17)24-22(28)25-19-6-3-5-16(15-19)20-7-4-8-21(26-20)27-13-1-2-14-27;1-14-9-10-16-18(12-14)22-21(15-6-3-2-4-7-15)20(16)17(13-23(24)25)19-8-5-11-26-19;1-5-6-7-8-16-12-19(22)21(20(23)13-16)18-11-15(4)9-10-17(18)14(2)3;1-13(2)24-19(23)20(3,4)25-17-11-7-15(8-12-17)18(22)14-5-9-16(21)10-6-14/h3-12,15H,1-2,13-14H2,(H2,24,25,28);2-12,17,22H,13H2,1H3;11-13,17-18,22-23H,2,5-10H2,1,3-4H3;5-13H,1-4H3/t;;17-,18+;/m..0./s1. The molecule has 4 heterocycles. The molecule has 12 rings (SSSR count). The first kappa shape index (κ1) is 76.2. The fourth-order valence-corrected chi connectivity index (χ4v) is 13.6. The number of carbonyl (C=O) groups is 3. The van der Waals surface area contributed by atoms with Crippen LogP contribution in [0.3, 0.4) is 0 Å². The number of carbonyl (C=O) groups excluding carboxylic acids is 3. The number of fused-ring (bicyclic) bond motifs is 1. The highest BCUT2D eigenvalue weighted by Gasteiger charge is 2.34. The van der Waals surface area contributed by atoms with Gasteiger partial charge in [-0.15, -0.1) is 11.3 Å². The lowest BCUT2D eigenvalue weighted by atomic mass is 9.73. The third-order valence-electron chi connectivity index (χ3n) is 17.7. The molecule has 0 bridgehead atoms. The summed E-state index contributed by atoms with van der Waals surface area (Å²) in [6, 6.07) is 57.7. The highest BCUT2D eigenvalue weighted by atomic mass is 35.5. The summed E-state index contributed by atoms with van der Waals surface area (Å²) in [4.78, 5) is 59.6. The molecule has 102 heavy (non-hydrogen) atoms. The number of hydrogen-bond acceptors (Lipinski definition) is 12. The number of allylic oxidation sites excluding steroid dienone is 3. The van der Waals surface area contributed by atoms with Crippen LogP contribution in [-0.2, 0) is 16.0 Å². The van der Waals surface area contributed by atoms with Gasteiger partial charge in [-0.05, 0) is 236 Å². The number of urea groups is 1. The zero-order chi connectivity index (χ0) is 73.0. The summed E-state index contributed by atoms with van der Waals surface area (Å²) in [5.74, 6) is 1.40. The van der Waals surface area contributed by atoms with Crippen LogP contribution in [0.1, 0.15) is 148 Å². The molecule has 0 spiro atoms. The van der Waals surface area contributed by atoms with Gasteiger partial charge in [-0.2, -0.15) is 0 Å². The largest absolute Gasteiger partial charge is 0.507 e. The van der Waals surface area contributed by atoms with E-state index in [1.54, 1.807) is 112 Å². The summed E-state index contributed by atoms with van der Waals surface area (Å²) in [7, 11) is 0. The average Bonchev–Trinajstić information content (AvgIpc) is 1.56. The number of phenols is 2. The number of aryl methyl sites for hydroxylation is 2. The van der Waals surface area contributed by atoms with Crippen molar-refractivity contribution in [3.05, 3.63) is 276 Å². The summed E-state index contributed by atoms with van der Waals surface area (Å²) >= 11 is 13.3. The summed E-state index contributed by atoms with van der Waals surface area (Å²) in [5.41, 5.74) is 12.5. The maximum Gasteiger partial charge on any atom is 0.350 e. The minimum absolute atomic E-state index is 0.0194. The van der Waals surface area contributed by atoms with Crippen molar-refractivity contribution in [2.24, 2.45) is 5.92 Å². The van der Waals surface area contributed by atoms with Crippen LogP contribution in [0.2, 0.25) is 10.0 Å². The molecule has 1 unspecified atom stereocenters. The SMILES string of the molecule is C=C(C)[C@@H]1CCC(C)=C[C@H]1c1c(O)cc(CCCCC)cc1O.CC(C)OC(=O)C(C)(C)Oc1ccc(C(=O)c2ccc(Cl)cc2)cc1.Cc1ccc2c(C(C[N+](=O)[O-])c3cccs3)c(-c3ccccc3)[nH]c2c1.O=C(Nc1ccc(Cl)cc1)Nc1cccc(-c2cccc(N3CCCC3)n2)c1. The Morgan fingerprint density at radius 2 is 1.41 bits per heavy atom. The van der Waals surface area contributed by atoms with E-state index in [0.29, 0.717) is 43.9 Å². The zero-order valence-electron chi connectivity index (χ0n) is 59.1. The molecule has 2 aliphatic rings. The molecule has 1 aliphatic carbocycles. The number of aromatic hydroxyl groups is 2. The molecule has 1 aliphatic heterocycles. The van der Waals surface area contributed by atoms with Gasteiger partial charge >= 0.3 is 12.0 Å². The fourth-order valence-electron chi connectivity index (χ4n) is 12.6. The molecule has 2 amide bonds. The van der Waals surface area contributed by atoms with Gasteiger partial charge in [-0.3, -0.25) is 14.9 Å². The van der Waals surface area contributed by atoms with Crippen LogP contribution in [0, 0.1) is 23.0 Å². The Hall–Kier alpha value is -10.0. The average molecular weight is 1430 g/mol. The summed E-state index contributed by atoms with van der Waals surface area (Å²) in [6.45, 7) is 21.3. The van der Waals surface area contributed by atoms with Crippen LogP contribution >= 0.6 is 34.5 Å². The number of hydrogen-bond donors (Lipinski definition) is 5. The third-order valence-corrected chi connectivity index (χ3v) is 19.2. The minimum Gasteiger partial charge on any atom is -0.507 e. The van der Waals surface area contributed by atoms with Gasteiger partial charge in [0.15, 0.2) is 11.4 Å². The van der Waals surface area contributed by atoms with Crippen molar-refractivity contribution in [3.8, 4) is 39.8 Å². The Morgan fingerprint density at radius 3 is 2.04 bits per heavy atom. The number of rotatable bonds is 21. The first-order valence-electron chi connectivity index (χ1n) is 34.6. The molecule has 0 saturated carbocycles. The molecule has 5 N–H and O–H groups in total. The van der Waals surface area contributed by atoms with Crippen LogP contribution in [0.4, 0.5) is 22.0 Å². The molecule has 15 nitrogen and oxygen atoms in total. The lowest BCUT2D eigenvalue weighted by Crippen LogP contribution is -2.40. The van der Waals surface area contributed by atoms with E-state index in [2.05, 4.69) is 78.2 Å². The van der Waals surface area contributed by atoms with Gasteiger partial charge in [0, 0.05) is 88.9 Å². The number of ether oxygens (including phenoxy) is 2. The van der Waals surface area contributed by atoms with E-state index in [1.807, 2.05) is 103 Å². The quantitative estimate of drug-likeness (QED) is 0.0114. The normalized spacial score (nSPS) is 14.3. The topological polar surface area (TPSA) is 209 Å². The highest BCUT2D eigenvalue weighted by Crippen LogP contribution is 2.47. The van der Waals surface area contributed by atoms with Crippen molar-refractivity contribution in [2.45, 2.75) is 130 Å². The van der Waals surface area contributed by atoms with E-state index in [1.165, 1.54) is 31.3 Å². The minimum atomic E-state index is -1.12. The number of nitro groups is 1. The number of thiophene rings is 1. The van der Waals surface area contributed by atoms with E-state index in [0.717, 1.165) is 105 Å². The van der Waals surface area contributed by atoms with Crippen LogP contribution in [0.5, 0.6) is 17.2 Å². The smallest absolute Gasteiger partial charge is 0.350 e. The number of nitrogens with one attached hydrogen (secondary N) is 3. The second-order valence-electron chi connectivity index (χ2n) is 26.6. The van der Waals surface area contributed by atoms with Crippen molar-refractivity contribution >= 4 is 80.4 Å². The number of phenolic OH excluding ortho intramolecular Hbond substituents is 2. The number of unbranched alkanes of at least 4 members (excludes halogenated alkanes) is 2. The van der Waals surface area contributed by atoms with E-state index in [9.17, 15) is 34.7 Å². The number of nitrogens with zero attached hydrogens (tertiary/aromatic N) is 3. The van der Waals surface area contributed by atoms with Crippen molar-refractivity contribution < 1.29 is 39.0 Å². The number of amides is 2. The van der Waals surface area contributed by atoms with Crippen LogP contribution in [0.25, 0.3) is 33.4 Å². The summed E-state index contributed by atoms with van der Waals surface area (Å²) < 4.78 is 10.9. The third kappa shape index (κ3) is 21.1. The number of halogens is 2. The van der Waals surface area contributed by atoms with Crippen molar-refractivity contribution in [2.75, 3.05) is 35.2 Å². The molecule has 1 saturated heterocycles. The molecular weight excluding hydrogens is 1340 g/mol. The summed E-state index contributed by atoms with van der Waals surface area (Å²) in [5, 5.41) is 42.4. The van der Waals surface area contributed by atoms with Gasteiger partial charge in [0.25, 0.3) is 0 Å². The second kappa shape index (κ2) is 36.0. The number of esters is 1. The van der Waals surface area contributed by atoms with Gasteiger partial charge in [0.1, 0.15) is 23.1 Å². The Labute approximate surface area is 612 Å². The first-order chi connectivity index (χ1) is 48.9. The number of benzene rings is 7. The van der Waals surface area contributed by atoms with Gasteiger partial charge in [-0.1, -0.05) is 133 Å². The van der Waals surface area contributed by atoms with Crippen molar-refractivity contribution in [1.82, 2.24) is 9.97 Å². The Bertz CT molecular complexity index is 4490. The van der Waals surface area contributed by atoms with E-state index in [4.69, 9.17) is 37.7 Å². The number of H-pyrrole nitrogens is 1. The Kier molecular flexibility index (Phi) is 26.9. The number of aromatic nitrogens is 2. The zero-order valence-corrected chi connectivity index (χ0v) is 61.4. The number of aromatic amines is 1. The summed E-state index contributed by atoms with van der Waals surface area (Å²) in [6.07, 6.45) is 10.8. The predicted molar refractivity (Wildman–Crippen MR) is 416 cm³/mol. The molecule has 7 aromatic carbocycles. The highest BCUT2D eigenvalue weighted by molar-refractivity contribution is 7.10. The molecule has 3 aromatic heterocycles. The maximum absolute atomic E-state index is 12.4.